The monoisotopic (exact) mass is 235 g/mol. The predicted octanol–water partition coefficient (Wildman–Crippen LogP) is 2.71. The van der Waals surface area contributed by atoms with Gasteiger partial charge in [0, 0.05) is 12.5 Å². The van der Waals surface area contributed by atoms with E-state index in [-0.39, 0.29) is 0 Å². The second kappa shape index (κ2) is 3.75. The summed E-state index contributed by atoms with van der Waals surface area (Å²) in [6.07, 6.45) is 3.73. The second-order valence-corrected chi connectivity index (χ2v) is 4.71. The molecule has 3 nitrogen and oxygen atoms in total. The zero-order valence-corrected chi connectivity index (χ0v) is 9.74. The summed E-state index contributed by atoms with van der Waals surface area (Å²) in [6.45, 7) is 0.469. The maximum Gasteiger partial charge on any atom is 0.117 e. The smallest absolute Gasteiger partial charge is 0.117 e. The molecule has 16 heavy (non-hydrogen) atoms. The van der Waals surface area contributed by atoms with Gasteiger partial charge in [-0.3, -0.25) is 4.40 Å². The number of nitrogens with zero attached hydrogens (tertiary/aromatic N) is 2. The minimum atomic E-state index is 0.469. The summed E-state index contributed by atoms with van der Waals surface area (Å²) in [5, 5.41) is 0.728. The van der Waals surface area contributed by atoms with Crippen molar-refractivity contribution in [2.45, 2.75) is 31.7 Å². The number of fused-ring (bicyclic) bond motifs is 1. The van der Waals surface area contributed by atoms with Crippen molar-refractivity contribution in [1.29, 1.82) is 0 Å². The molecule has 2 aromatic heterocycles. The minimum absolute atomic E-state index is 0.469. The van der Waals surface area contributed by atoms with Crippen LogP contribution in [0.15, 0.2) is 18.2 Å². The first-order chi connectivity index (χ1) is 7.81. The summed E-state index contributed by atoms with van der Waals surface area (Å²) >= 11 is 6.24. The molecule has 3 rings (SSSR count). The third-order valence-electron chi connectivity index (χ3n) is 3.38. The number of hydrogen-bond acceptors (Lipinski definition) is 2. The van der Waals surface area contributed by atoms with Gasteiger partial charge in [0.2, 0.25) is 0 Å². The second-order valence-electron chi connectivity index (χ2n) is 4.32. The molecule has 84 valence electrons. The van der Waals surface area contributed by atoms with Crippen LogP contribution >= 0.6 is 11.6 Å². The molecule has 0 radical (unpaired) electrons. The Balaban J connectivity index is 2.26. The molecule has 0 bridgehead atoms. The fourth-order valence-corrected chi connectivity index (χ4v) is 2.53. The maximum absolute atomic E-state index is 6.24. The maximum atomic E-state index is 6.24. The first kappa shape index (κ1) is 10.1. The number of hydrogen-bond donors (Lipinski definition) is 1. The van der Waals surface area contributed by atoms with E-state index in [1.165, 1.54) is 19.3 Å². The van der Waals surface area contributed by atoms with Crippen LogP contribution in [0.25, 0.3) is 5.52 Å². The normalized spacial score (nSPS) is 16.6. The van der Waals surface area contributed by atoms with E-state index in [9.17, 15) is 0 Å². The Morgan fingerprint density at radius 2 is 2.25 bits per heavy atom. The molecule has 4 heteroatoms. The van der Waals surface area contributed by atoms with Crippen LogP contribution in [0.4, 0.5) is 0 Å². The highest BCUT2D eigenvalue weighted by molar-refractivity contribution is 6.29. The Labute approximate surface area is 99.2 Å². The highest BCUT2D eigenvalue weighted by atomic mass is 35.5. The van der Waals surface area contributed by atoms with Crippen LogP contribution in [0.3, 0.4) is 0 Å². The lowest BCUT2D eigenvalue weighted by Gasteiger charge is -2.24. The zero-order chi connectivity index (χ0) is 11.1. The first-order valence-electron chi connectivity index (χ1n) is 5.67. The molecule has 0 aliphatic heterocycles. The van der Waals surface area contributed by atoms with Crippen molar-refractivity contribution in [2.24, 2.45) is 5.73 Å². The fraction of sp³-hybridized carbons (Fsp3) is 0.417. The average Bonchev–Trinajstić information content (AvgIpc) is 2.56. The molecule has 0 spiro atoms. The van der Waals surface area contributed by atoms with Gasteiger partial charge in [0.15, 0.2) is 0 Å². The third-order valence-corrected chi connectivity index (χ3v) is 3.68. The lowest BCUT2D eigenvalue weighted by molar-refractivity contribution is 0.400. The van der Waals surface area contributed by atoms with E-state index in [4.69, 9.17) is 17.3 Å². The lowest BCUT2D eigenvalue weighted by atomic mass is 9.85. The van der Waals surface area contributed by atoms with Crippen LogP contribution in [-0.2, 0) is 6.54 Å². The first-order valence-corrected chi connectivity index (χ1v) is 6.05. The number of halogens is 1. The van der Waals surface area contributed by atoms with Crippen molar-refractivity contribution < 1.29 is 0 Å². The summed E-state index contributed by atoms with van der Waals surface area (Å²) in [5.41, 5.74) is 7.72. The van der Waals surface area contributed by atoms with E-state index in [0.29, 0.717) is 12.5 Å². The number of rotatable bonds is 2. The van der Waals surface area contributed by atoms with Crippen LogP contribution in [0.2, 0.25) is 5.15 Å². The molecule has 0 atom stereocenters. The van der Waals surface area contributed by atoms with Crippen LogP contribution in [0, 0.1) is 0 Å². The van der Waals surface area contributed by atoms with Crippen molar-refractivity contribution in [3.8, 4) is 0 Å². The van der Waals surface area contributed by atoms with Crippen LogP contribution in [-0.4, -0.2) is 9.38 Å². The molecule has 0 aromatic carbocycles. The Bertz CT molecular complexity index is 528. The van der Waals surface area contributed by atoms with Gasteiger partial charge in [0.25, 0.3) is 0 Å². The number of imidazole rings is 1. The third kappa shape index (κ3) is 1.35. The van der Waals surface area contributed by atoms with E-state index >= 15 is 0 Å². The summed E-state index contributed by atoms with van der Waals surface area (Å²) in [4.78, 5) is 4.64. The van der Waals surface area contributed by atoms with Crippen LogP contribution in [0.5, 0.6) is 0 Å². The van der Waals surface area contributed by atoms with Crippen molar-refractivity contribution in [2.75, 3.05) is 0 Å². The van der Waals surface area contributed by atoms with Crippen LogP contribution in [0.1, 0.15) is 36.7 Å². The molecular weight excluding hydrogens is 222 g/mol. The van der Waals surface area contributed by atoms with Crippen molar-refractivity contribution >= 4 is 17.1 Å². The Morgan fingerprint density at radius 3 is 2.88 bits per heavy atom. The van der Waals surface area contributed by atoms with Gasteiger partial charge in [-0.2, -0.15) is 0 Å². The van der Waals surface area contributed by atoms with Crippen LogP contribution < -0.4 is 5.73 Å². The summed E-state index contributed by atoms with van der Waals surface area (Å²) in [7, 11) is 0. The fourth-order valence-electron chi connectivity index (χ4n) is 2.28. The average molecular weight is 236 g/mol. The quantitative estimate of drug-likeness (QED) is 0.814. The highest BCUT2D eigenvalue weighted by Crippen LogP contribution is 2.37. The van der Waals surface area contributed by atoms with Gasteiger partial charge in [0.05, 0.1) is 11.2 Å². The van der Waals surface area contributed by atoms with Crippen molar-refractivity contribution in [1.82, 2.24) is 9.38 Å². The molecule has 2 heterocycles. The summed E-state index contributed by atoms with van der Waals surface area (Å²) < 4.78 is 2.05. The van der Waals surface area contributed by atoms with E-state index in [1.807, 2.05) is 22.6 Å². The van der Waals surface area contributed by atoms with Gasteiger partial charge in [-0.15, -0.1) is 0 Å². The Kier molecular flexibility index (Phi) is 2.37. The number of aromatic nitrogens is 2. The molecule has 1 aliphatic carbocycles. The Morgan fingerprint density at radius 1 is 1.44 bits per heavy atom. The zero-order valence-electron chi connectivity index (χ0n) is 8.99. The SMILES string of the molecule is NCc1nc(C2CCC2)n2c(Cl)cccc12. The largest absolute Gasteiger partial charge is 0.325 e. The number of nitrogens with two attached hydrogens (primary N) is 1. The Hall–Kier alpha value is -1.06. The molecule has 0 unspecified atom stereocenters. The van der Waals surface area contributed by atoms with E-state index < -0.39 is 0 Å². The number of pyridine rings is 1. The molecule has 2 aromatic rings. The standard InChI is InChI=1S/C12H14ClN3/c13-11-6-2-5-10-9(7-14)15-12(16(10)11)8-3-1-4-8/h2,5-6,8H,1,3-4,7,14H2. The van der Waals surface area contributed by atoms with Crippen molar-refractivity contribution in [3.63, 3.8) is 0 Å². The molecule has 0 saturated heterocycles. The molecular formula is C12H14ClN3. The highest BCUT2D eigenvalue weighted by Gasteiger charge is 2.25. The van der Waals surface area contributed by atoms with Gasteiger partial charge in [-0.1, -0.05) is 24.1 Å². The molecule has 1 aliphatic rings. The topological polar surface area (TPSA) is 43.3 Å². The summed E-state index contributed by atoms with van der Waals surface area (Å²) in [5.74, 6) is 1.65. The van der Waals surface area contributed by atoms with Crippen molar-refractivity contribution in [3.05, 3.63) is 34.9 Å². The summed E-state index contributed by atoms with van der Waals surface area (Å²) in [6, 6.07) is 5.88. The van der Waals surface area contributed by atoms with Gasteiger partial charge in [0.1, 0.15) is 11.0 Å². The van der Waals surface area contributed by atoms with Gasteiger partial charge in [-0.25, -0.2) is 4.98 Å². The molecule has 2 N–H and O–H groups in total. The van der Waals surface area contributed by atoms with E-state index in [0.717, 1.165) is 22.2 Å². The lowest BCUT2D eigenvalue weighted by Crippen LogP contribution is -2.12. The van der Waals surface area contributed by atoms with E-state index in [1.54, 1.807) is 0 Å². The van der Waals surface area contributed by atoms with Gasteiger partial charge in [-0.05, 0) is 25.0 Å². The minimum Gasteiger partial charge on any atom is -0.325 e. The molecule has 1 fully saturated rings. The van der Waals surface area contributed by atoms with E-state index in [2.05, 4.69) is 4.98 Å². The molecule has 0 amide bonds. The van der Waals surface area contributed by atoms with Gasteiger partial charge < -0.3 is 5.73 Å². The predicted molar refractivity (Wildman–Crippen MR) is 64.7 cm³/mol. The van der Waals surface area contributed by atoms with Gasteiger partial charge >= 0.3 is 0 Å². The molecule has 1 saturated carbocycles.